The maximum absolute atomic E-state index is 10.4. The van der Waals surface area contributed by atoms with Crippen LogP contribution in [0.4, 0.5) is 0 Å². The Balaban J connectivity index is 0.00000162. The Morgan fingerprint density at radius 2 is 1.83 bits per heavy atom. The molecule has 0 atom stereocenters. The Morgan fingerprint density at radius 3 is 2.44 bits per heavy atom. The van der Waals surface area contributed by atoms with Gasteiger partial charge in [-0.15, -0.1) is 12.4 Å². The molecule has 5 heteroatoms. The fourth-order valence-electron chi connectivity index (χ4n) is 1.37. The molecule has 18 heavy (non-hydrogen) atoms. The van der Waals surface area contributed by atoms with E-state index >= 15 is 0 Å². The van der Waals surface area contributed by atoms with Gasteiger partial charge in [0.15, 0.2) is 0 Å². The summed E-state index contributed by atoms with van der Waals surface area (Å²) in [6, 6.07) is 11.2. The Labute approximate surface area is 119 Å². The lowest BCUT2D eigenvalue weighted by molar-refractivity contribution is -0.131. The smallest absolute Gasteiger partial charge is 0.328 e. The molecular formula is C13H10BrClO3. The first-order valence-corrected chi connectivity index (χ1v) is 5.71. The van der Waals surface area contributed by atoms with Gasteiger partial charge in [0.05, 0.1) is 0 Å². The average molecular weight is 330 g/mol. The number of halogens is 2. The van der Waals surface area contributed by atoms with Crippen molar-refractivity contribution in [2.45, 2.75) is 0 Å². The molecule has 2 aromatic rings. The van der Waals surface area contributed by atoms with Crippen molar-refractivity contribution in [3.05, 3.63) is 52.7 Å². The van der Waals surface area contributed by atoms with Crippen molar-refractivity contribution in [2.24, 2.45) is 0 Å². The second-order valence-electron chi connectivity index (χ2n) is 3.38. The molecule has 0 aliphatic rings. The second-order valence-corrected chi connectivity index (χ2v) is 4.30. The first kappa shape index (κ1) is 14.5. The lowest BCUT2D eigenvalue weighted by Gasteiger charge is -1.96. The third-order valence-electron chi connectivity index (χ3n) is 2.15. The van der Waals surface area contributed by atoms with E-state index in [1.807, 2.05) is 30.3 Å². The van der Waals surface area contributed by atoms with Crippen molar-refractivity contribution >= 4 is 40.4 Å². The summed E-state index contributed by atoms with van der Waals surface area (Å²) in [5.41, 5.74) is 0.947. The molecule has 0 unspecified atom stereocenters. The standard InChI is InChI=1S/C13H9BrO3.ClH/c14-10-3-1-9(2-4-10)12-7-5-11(17-12)6-8-13(15)16;/h1-8H,(H,15,16);1H. The van der Waals surface area contributed by atoms with E-state index in [0.29, 0.717) is 11.5 Å². The van der Waals surface area contributed by atoms with Crippen molar-refractivity contribution in [3.8, 4) is 11.3 Å². The van der Waals surface area contributed by atoms with E-state index in [0.717, 1.165) is 16.1 Å². The molecule has 3 nitrogen and oxygen atoms in total. The van der Waals surface area contributed by atoms with Crippen molar-refractivity contribution in [1.82, 2.24) is 0 Å². The van der Waals surface area contributed by atoms with Crippen molar-refractivity contribution in [1.29, 1.82) is 0 Å². The van der Waals surface area contributed by atoms with E-state index in [9.17, 15) is 4.79 Å². The van der Waals surface area contributed by atoms with Gasteiger partial charge in [-0.05, 0) is 30.3 Å². The molecule has 0 aliphatic carbocycles. The molecule has 0 saturated carbocycles. The third kappa shape index (κ3) is 3.75. The molecule has 0 spiro atoms. The van der Waals surface area contributed by atoms with Gasteiger partial charge >= 0.3 is 5.97 Å². The number of furan rings is 1. The molecular weight excluding hydrogens is 319 g/mol. The maximum atomic E-state index is 10.4. The van der Waals surface area contributed by atoms with Crippen LogP contribution in [0, 0.1) is 0 Å². The van der Waals surface area contributed by atoms with Gasteiger partial charge in [0.25, 0.3) is 0 Å². The van der Waals surface area contributed by atoms with Crippen molar-refractivity contribution in [2.75, 3.05) is 0 Å². The van der Waals surface area contributed by atoms with Crippen LogP contribution in [0.15, 0.2) is 51.4 Å². The number of carboxylic acid groups (broad SMARTS) is 1. The van der Waals surface area contributed by atoms with E-state index in [4.69, 9.17) is 9.52 Å². The maximum Gasteiger partial charge on any atom is 0.328 e. The summed E-state index contributed by atoms with van der Waals surface area (Å²) in [6.07, 6.45) is 2.47. The minimum Gasteiger partial charge on any atom is -0.478 e. The highest BCUT2D eigenvalue weighted by Crippen LogP contribution is 2.24. The van der Waals surface area contributed by atoms with Gasteiger partial charge in [0.2, 0.25) is 0 Å². The minimum atomic E-state index is -0.994. The second kappa shape index (κ2) is 6.42. The molecule has 1 N–H and O–H groups in total. The fraction of sp³-hybridized carbons (Fsp3) is 0. The molecule has 94 valence electrons. The van der Waals surface area contributed by atoms with Gasteiger partial charge in [0.1, 0.15) is 11.5 Å². The number of hydrogen-bond donors (Lipinski definition) is 1. The SMILES string of the molecule is Cl.O=C(O)C=Cc1ccc(-c2ccc(Br)cc2)o1. The van der Waals surface area contributed by atoms with Gasteiger partial charge in [-0.2, -0.15) is 0 Å². The predicted molar refractivity (Wildman–Crippen MR) is 75.8 cm³/mol. The van der Waals surface area contributed by atoms with E-state index < -0.39 is 5.97 Å². The Bertz CT molecular complexity index is 558. The summed E-state index contributed by atoms with van der Waals surface area (Å²) >= 11 is 3.36. The van der Waals surface area contributed by atoms with Crippen LogP contribution in [0.25, 0.3) is 17.4 Å². The van der Waals surface area contributed by atoms with Crippen molar-refractivity contribution in [3.63, 3.8) is 0 Å². The van der Waals surface area contributed by atoms with Crippen LogP contribution in [0.1, 0.15) is 5.76 Å². The molecule has 1 aromatic carbocycles. The highest BCUT2D eigenvalue weighted by atomic mass is 79.9. The first-order valence-electron chi connectivity index (χ1n) is 4.92. The molecule has 1 heterocycles. The highest BCUT2D eigenvalue weighted by Gasteiger charge is 2.02. The summed E-state index contributed by atoms with van der Waals surface area (Å²) in [4.78, 5) is 10.4. The number of benzene rings is 1. The molecule has 0 amide bonds. The monoisotopic (exact) mass is 328 g/mol. The van der Waals surface area contributed by atoms with Crippen molar-refractivity contribution < 1.29 is 14.3 Å². The normalized spacial score (nSPS) is 10.3. The van der Waals surface area contributed by atoms with Crippen LogP contribution >= 0.6 is 28.3 Å². The Kier molecular flexibility index (Phi) is 5.19. The van der Waals surface area contributed by atoms with Gasteiger partial charge < -0.3 is 9.52 Å². The van der Waals surface area contributed by atoms with Crippen LogP contribution in [-0.2, 0) is 4.79 Å². The lowest BCUT2D eigenvalue weighted by atomic mass is 10.2. The summed E-state index contributed by atoms with van der Waals surface area (Å²) in [5.74, 6) is 0.236. The zero-order chi connectivity index (χ0) is 12.3. The summed E-state index contributed by atoms with van der Waals surface area (Å²) < 4.78 is 6.49. The molecule has 0 bridgehead atoms. The Morgan fingerprint density at radius 1 is 1.17 bits per heavy atom. The molecule has 0 fully saturated rings. The van der Waals surface area contributed by atoms with E-state index in [1.165, 1.54) is 6.08 Å². The number of hydrogen-bond acceptors (Lipinski definition) is 2. The largest absolute Gasteiger partial charge is 0.478 e. The van der Waals surface area contributed by atoms with Crippen LogP contribution < -0.4 is 0 Å². The van der Waals surface area contributed by atoms with E-state index in [1.54, 1.807) is 6.07 Å². The van der Waals surface area contributed by atoms with Crippen LogP contribution in [-0.4, -0.2) is 11.1 Å². The van der Waals surface area contributed by atoms with Crippen LogP contribution in [0.3, 0.4) is 0 Å². The lowest BCUT2D eigenvalue weighted by Crippen LogP contribution is -1.84. The Hall–Kier alpha value is -1.52. The molecule has 0 aliphatic heterocycles. The molecule has 1 aromatic heterocycles. The third-order valence-corrected chi connectivity index (χ3v) is 2.67. The van der Waals surface area contributed by atoms with Crippen LogP contribution in [0.2, 0.25) is 0 Å². The molecule has 2 rings (SSSR count). The minimum absolute atomic E-state index is 0. The van der Waals surface area contributed by atoms with Gasteiger partial charge in [-0.25, -0.2) is 4.79 Å². The zero-order valence-corrected chi connectivity index (χ0v) is 11.6. The van der Waals surface area contributed by atoms with E-state index in [-0.39, 0.29) is 12.4 Å². The first-order chi connectivity index (χ1) is 8.15. The molecule has 0 radical (unpaired) electrons. The number of carbonyl (C=O) groups is 1. The van der Waals surface area contributed by atoms with E-state index in [2.05, 4.69) is 15.9 Å². The molecule has 0 saturated heterocycles. The van der Waals surface area contributed by atoms with Gasteiger partial charge in [0, 0.05) is 16.1 Å². The quantitative estimate of drug-likeness (QED) is 0.857. The van der Waals surface area contributed by atoms with Gasteiger partial charge in [-0.1, -0.05) is 28.1 Å². The average Bonchev–Trinajstić information content (AvgIpc) is 2.76. The number of carboxylic acids is 1. The zero-order valence-electron chi connectivity index (χ0n) is 9.17. The van der Waals surface area contributed by atoms with Gasteiger partial charge in [-0.3, -0.25) is 0 Å². The summed E-state index contributed by atoms with van der Waals surface area (Å²) in [5, 5.41) is 8.50. The number of rotatable bonds is 3. The van der Waals surface area contributed by atoms with Crippen LogP contribution in [0.5, 0.6) is 0 Å². The highest BCUT2D eigenvalue weighted by molar-refractivity contribution is 9.10. The fourth-order valence-corrected chi connectivity index (χ4v) is 1.63. The summed E-state index contributed by atoms with van der Waals surface area (Å²) in [6.45, 7) is 0. The topological polar surface area (TPSA) is 50.4 Å². The predicted octanol–water partition coefficient (Wildman–Crippen LogP) is 4.23. The number of aliphatic carboxylic acids is 1. The summed E-state index contributed by atoms with van der Waals surface area (Å²) in [7, 11) is 0.